The summed E-state index contributed by atoms with van der Waals surface area (Å²) in [5, 5.41) is 7.89. The smallest absolute Gasteiger partial charge is 1.00 e. The van der Waals surface area contributed by atoms with Crippen LogP contribution in [0.15, 0.2) is 0 Å². The molecule has 1 N–H and O–H groups in total. The van der Waals surface area contributed by atoms with Crippen LogP contribution in [0.4, 0.5) is 0 Å². The molecule has 0 aliphatic rings. The molecule has 0 aromatic rings. The van der Waals surface area contributed by atoms with E-state index in [9.17, 15) is 4.79 Å². The van der Waals surface area contributed by atoms with Crippen LogP contribution in [0.1, 0.15) is 1.43 Å². The van der Waals surface area contributed by atoms with Crippen molar-refractivity contribution in [3.63, 3.8) is 0 Å². The second-order valence-electron chi connectivity index (χ2n) is 0.827. The molecule has 0 aliphatic carbocycles. The van der Waals surface area contributed by atoms with Gasteiger partial charge in [0.05, 0.1) is 5.75 Å². The zero-order valence-electron chi connectivity index (χ0n) is 5.47. The van der Waals surface area contributed by atoms with Crippen LogP contribution in [-0.2, 0) is 4.79 Å². The molecule has 0 heterocycles. The number of hydrogen-bond acceptors (Lipinski definition) is 2. The van der Waals surface area contributed by atoms with Gasteiger partial charge in [0.2, 0.25) is 0 Å². The summed E-state index contributed by atoms with van der Waals surface area (Å²) in [6.45, 7) is 0. The van der Waals surface area contributed by atoms with E-state index in [0.29, 0.717) is 0 Å². The molecule has 0 aromatic heterocycles. The largest absolute Gasteiger partial charge is 1.00 e. The van der Waals surface area contributed by atoms with Gasteiger partial charge in [0.1, 0.15) is 0 Å². The molecule has 0 amide bonds. The minimum atomic E-state index is -0.748. The first-order valence-electron chi connectivity index (χ1n) is 1.48. The molecule has 0 aliphatic heterocycles. The first-order valence-corrected chi connectivity index (χ1v) is 2.87. The van der Waals surface area contributed by atoms with Gasteiger partial charge in [0.25, 0.3) is 0 Å². The number of carbonyl (C=O) groups is 1. The van der Waals surface area contributed by atoms with Crippen LogP contribution in [0.3, 0.4) is 0 Å². The van der Waals surface area contributed by atoms with Crippen molar-refractivity contribution in [2.75, 3.05) is 12.0 Å². The minimum Gasteiger partial charge on any atom is -1.00 e. The van der Waals surface area contributed by atoms with Crippen molar-refractivity contribution < 1.29 is 62.7 Å². The van der Waals surface area contributed by atoms with Crippen LogP contribution in [-0.4, -0.2) is 23.1 Å². The van der Waals surface area contributed by atoms with Gasteiger partial charge in [-0.05, 0) is 6.26 Å². The summed E-state index contributed by atoms with van der Waals surface area (Å²) < 4.78 is 0. The molecule has 0 bridgehead atoms. The molecule has 4 heteroatoms. The average Bonchev–Trinajstić information content (AvgIpc) is 1.35. The van der Waals surface area contributed by atoms with Crippen molar-refractivity contribution in [1.29, 1.82) is 0 Å². The summed E-state index contributed by atoms with van der Waals surface area (Å²) >= 11 is 1.31. The summed E-state index contributed by atoms with van der Waals surface area (Å²) in [5.41, 5.74) is 0. The Kier molecular flexibility index (Phi) is 12.0. The maximum Gasteiger partial charge on any atom is 1.00 e. The van der Waals surface area contributed by atoms with Gasteiger partial charge in [-0.3, -0.25) is 4.79 Å². The third-order valence-corrected chi connectivity index (χ3v) is 0.803. The molecule has 2 nitrogen and oxygen atoms in total. The first-order chi connectivity index (χ1) is 2.77. The maximum absolute atomic E-state index is 9.58. The SMILES string of the molecule is CSCC(=O)O.[H-].[K+]. The maximum atomic E-state index is 9.58. The molecule has 0 aromatic carbocycles. The van der Waals surface area contributed by atoms with E-state index in [2.05, 4.69) is 0 Å². The van der Waals surface area contributed by atoms with Crippen LogP contribution in [0.25, 0.3) is 0 Å². The Bertz CT molecular complexity index is 61.2. The Morgan fingerprint density at radius 3 is 2.43 bits per heavy atom. The minimum absolute atomic E-state index is 0. The molecule has 7 heavy (non-hydrogen) atoms. The fourth-order valence-electron chi connectivity index (χ4n) is 0.123. The predicted octanol–water partition coefficient (Wildman–Crippen LogP) is -2.45. The van der Waals surface area contributed by atoms with E-state index in [0.717, 1.165) is 0 Å². The van der Waals surface area contributed by atoms with E-state index in [1.54, 1.807) is 6.26 Å². The van der Waals surface area contributed by atoms with Crippen molar-refractivity contribution in [1.82, 2.24) is 0 Å². The number of carboxylic acid groups (broad SMARTS) is 1. The Hall–Kier alpha value is 1.46. The zero-order valence-corrected chi connectivity index (χ0v) is 8.41. The van der Waals surface area contributed by atoms with E-state index < -0.39 is 5.97 Å². The molecular weight excluding hydrogens is 139 g/mol. The summed E-state index contributed by atoms with van der Waals surface area (Å²) in [5.74, 6) is -0.539. The fraction of sp³-hybridized carbons (Fsp3) is 0.667. The van der Waals surface area contributed by atoms with E-state index in [1.807, 2.05) is 0 Å². The Morgan fingerprint density at radius 2 is 2.43 bits per heavy atom. The molecule has 0 unspecified atom stereocenters. The summed E-state index contributed by atoms with van der Waals surface area (Å²) in [7, 11) is 0. The zero-order chi connectivity index (χ0) is 4.99. The number of aliphatic carboxylic acids is 1. The second-order valence-corrected chi connectivity index (χ2v) is 1.69. The number of rotatable bonds is 2. The quantitative estimate of drug-likeness (QED) is 0.439. The standard InChI is InChI=1S/C3H6O2S.K.H/c1-6-2-3(4)5;;/h2H2,1H3,(H,4,5);;/q;+1;-1. The third-order valence-electron chi connectivity index (χ3n) is 0.268. The van der Waals surface area contributed by atoms with Gasteiger partial charge in [-0.25, -0.2) is 0 Å². The predicted molar refractivity (Wildman–Crippen MR) is 27.1 cm³/mol. The van der Waals surface area contributed by atoms with Crippen LogP contribution in [0, 0.1) is 0 Å². The Morgan fingerprint density at radius 1 is 2.00 bits per heavy atom. The van der Waals surface area contributed by atoms with Crippen molar-refractivity contribution in [3.05, 3.63) is 0 Å². The number of carboxylic acids is 1. The Balaban J connectivity index is -0.000000125. The topological polar surface area (TPSA) is 37.3 Å². The molecule has 38 valence electrons. The molecule has 0 spiro atoms. The van der Waals surface area contributed by atoms with Crippen molar-refractivity contribution in [2.24, 2.45) is 0 Å². The van der Waals surface area contributed by atoms with Gasteiger partial charge in [0.15, 0.2) is 0 Å². The van der Waals surface area contributed by atoms with Crippen LogP contribution in [0.2, 0.25) is 0 Å². The number of hydrogen-bond donors (Lipinski definition) is 1. The molecule has 0 rings (SSSR count). The van der Waals surface area contributed by atoms with Crippen LogP contribution in [0.5, 0.6) is 0 Å². The molecule has 0 saturated heterocycles. The molecule has 0 fully saturated rings. The van der Waals surface area contributed by atoms with Crippen molar-refractivity contribution in [3.8, 4) is 0 Å². The second kappa shape index (κ2) is 7.46. The third kappa shape index (κ3) is 11.2. The fourth-order valence-corrected chi connectivity index (χ4v) is 0.370. The van der Waals surface area contributed by atoms with E-state index in [-0.39, 0.29) is 58.6 Å². The van der Waals surface area contributed by atoms with Gasteiger partial charge < -0.3 is 6.53 Å². The average molecular weight is 146 g/mol. The molecule has 0 atom stereocenters. The van der Waals surface area contributed by atoms with Gasteiger partial charge in [0, 0.05) is 0 Å². The van der Waals surface area contributed by atoms with Crippen LogP contribution < -0.4 is 51.4 Å². The molecular formula is C3H7KO2S. The molecule has 0 saturated carbocycles. The number of thioether (sulfide) groups is 1. The summed E-state index contributed by atoms with van der Waals surface area (Å²) in [6.07, 6.45) is 1.76. The summed E-state index contributed by atoms with van der Waals surface area (Å²) in [4.78, 5) is 9.58. The van der Waals surface area contributed by atoms with Crippen LogP contribution >= 0.6 is 11.8 Å². The van der Waals surface area contributed by atoms with Crippen molar-refractivity contribution >= 4 is 17.7 Å². The Labute approximate surface area is 91.0 Å². The normalized spacial score (nSPS) is 7.00. The summed E-state index contributed by atoms with van der Waals surface area (Å²) in [6, 6.07) is 0. The molecule has 0 radical (unpaired) electrons. The first kappa shape index (κ1) is 11.3. The van der Waals surface area contributed by atoms with Gasteiger partial charge >= 0.3 is 57.4 Å². The van der Waals surface area contributed by atoms with Gasteiger partial charge in [-0.2, -0.15) is 11.8 Å². The van der Waals surface area contributed by atoms with Gasteiger partial charge in [-0.1, -0.05) is 0 Å². The van der Waals surface area contributed by atoms with E-state index >= 15 is 0 Å². The van der Waals surface area contributed by atoms with Crippen molar-refractivity contribution in [2.45, 2.75) is 0 Å². The van der Waals surface area contributed by atoms with E-state index in [4.69, 9.17) is 5.11 Å². The monoisotopic (exact) mass is 146 g/mol. The van der Waals surface area contributed by atoms with E-state index in [1.165, 1.54) is 11.8 Å². The van der Waals surface area contributed by atoms with Gasteiger partial charge in [-0.15, -0.1) is 0 Å².